The molecule has 1 aliphatic heterocycles. The van der Waals surface area contributed by atoms with Crippen LogP contribution in [0.25, 0.3) is 21.5 Å². The number of hydrogen-bond acceptors (Lipinski definition) is 6. The lowest BCUT2D eigenvalue weighted by Gasteiger charge is -2.08. The lowest BCUT2D eigenvalue weighted by Crippen LogP contribution is -2.41. The van der Waals surface area contributed by atoms with Gasteiger partial charge in [-0.25, -0.2) is 9.97 Å². The van der Waals surface area contributed by atoms with Crippen molar-refractivity contribution in [1.29, 1.82) is 0 Å². The summed E-state index contributed by atoms with van der Waals surface area (Å²) in [5.41, 5.74) is 7.90. The van der Waals surface area contributed by atoms with Crippen molar-refractivity contribution in [1.82, 2.24) is 25.4 Å². The van der Waals surface area contributed by atoms with Gasteiger partial charge in [0.1, 0.15) is 16.5 Å². The smallest absolute Gasteiger partial charge is 0.289 e. The number of aromatic nitrogens is 3. The van der Waals surface area contributed by atoms with Crippen molar-refractivity contribution in [3.05, 3.63) is 80.8 Å². The van der Waals surface area contributed by atoms with Crippen LogP contribution in [0.5, 0.6) is 0 Å². The van der Waals surface area contributed by atoms with E-state index in [4.69, 9.17) is 0 Å². The summed E-state index contributed by atoms with van der Waals surface area (Å²) in [5.74, 6) is 0.166. The van der Waals surface area contributed by atoms with Gasteiger partial charge in [-0.3, -0.25) is 29.8 Å². The number of nitrogens with one attached hydrogen (secondary N) is 2. The second-order valence-electron chi connectivity index (χ2n) is 8.54. The maximum Gasteiger partial charge on any atom is 0.289 e. The predicted octanol–water partition coefficient (Wildman–Crippen LogP) is 3.66. The highest BCUT2D eigenvalue weighted by Crippen LogP contribution is 2.25. The number of hydrazine groups is 1. The Morgan fingerprint density at radius 1 is 1.03 bits per heavy atom. The van der Waals surface area contributed by atoms with E-state index in [2.05, 4.69) is 46.8 Å². The summed E-state index contributed by atoms with van der Waals surface area (Å²) in [7, 11) is 0. The number of hydrogen-bond donors (Lipinski definition) is 2. The van der Waals surface area contributed by atoms with Crippen molar-refractivity contribution >= 4 is 34.1 Å². The van der Waals surface area contributed by atoms with Gasteiger partial charge in [0.2, 0.25) is 0 Å². The molecule has 8 nitrogen and oxygen atoms in total. The quantitative estimate of drug-likeness (QED) is 0.440. The Kier molecular flexibility index (Phi) is 5.70. The van der Waals surface area contributed by atoms with Crippen molar-refractivity contribution < 1.29 is 9.59 Å². The number of carbonyl (C=O) groups excluding carboxylic acids is 2. The summed E-state index contributed by atoms with van der Waals surface area (Å²) >= 11 is 1.36. The monoisotopic (exact) mass is 473 g/mol. The van der Waals surface area contributed by atoms with Crippen LogP contribution >= 0.6 is 11.3 Å². The molecule has 2 aromatic carbocycles. The van der Waals surface area contributed by atoms with Crippen molar-refractivity contribution in [3.63, 3.8) is 0 Å². The lowest BCUT2D eigenvalue weighted by molar-refractivity contribution is 0.0844. The van der Waals surface area contributed by atoms with Gasteiger partial charge in [-0.2, -0.15) is 0 Å². The van der Waals surface area contributed by atoms with Gasteiger partial charge < -0.3 is 0 Å². The molecule has 0 radical (unpaired) electrons. The topological polar surface area (TPSA) is 106 Å². The maximum absolute atomic E-state index is 12.6. The number of fused-ring (bicyclic) bond motifs is 2. The first-order valence-electron chi connectivity index (χ1n) is 11.1. The minimum absolute atomic E-state index is 0.0871. The summed E-state index contributed by atoms with van der Waals surface area (Å²) < 4.78 is 1.68. The van der Waals surface area contributed by atoms with Crippen LogP contribution in [0.3, 0.4) is 0 Å². The number of nitrogens with zero attached hydrogens (tertiary/aromatic N) is 3. The first-order valence-corrected chi connectivity index (χ1v) is 12.0. The van der Waals surface area contributed by atoms with Gasteiger partial charge in [-0.1, -0.05) is 38.1 Å². The molecule has 4 aromatic rings. The summed E-state index contributed by atoms with van der Waals surface area (Å²) in [6, 6.07) is 12.8. The standard InChI is InChI=1S/C25H23N5O3S/c1-14(2)15-5-7-16(8-6-15)24-27-20(13-34-24)23(32)29-28-22(31)17-9-10-18-19(12-17)26-21-4-3-11-30(21)25(18)33/h5-10,12-14H,3-4,11H2,1-2H3,(H,28,31)(H,29,32). The highest BCUT2D eigenvalue weighted by Gasteiger charge is 2.18. The van der Waals surface area contributed by atoms with Gasteiger partial charge in [0.25, 0.3) is 17.4 Å². The molecular weight excluding hydrogens is 450 g/mol. The fourth-order valence-corrected chi connectivity index (χ4v) is 4.80. The molecule has 2 amide bonds. The Balaban J connectivity index is 1.27. The highest BCUT2D eigenvalue weighted by atomic mass is 32.1. The minimum atomic E-state index is -0.510. The van der Waals surface area contributed by atoms with Crippen LogP contribution in [0, 0.1) is 0 Å². The van der Waals surface area contributed by atoms with E-state index in [0.717, 1.165) is 29.2 Å². The molecule has 0 unspecified atom stereocenters. The van der Waals surface area contributed by atoms with E-state index in [1.54, 1.807) is 28.1 Å². The van der Waals surface area contributed by atoms with Gasteiger partial charge >= 0.3 is 0 Å². The molecule has 0 aliphatic carbocycles. The van der Waals surface area contributed by atoms with E-state index in [-0.39, 0.29) is 11.3 Å². The molecule has 0 atom stereocenters. The number of rotatable bonds is 4. The van der Waals surface area contributed by atoms with E-state index in [0.29, 0.717) is 28.9 Å². The predicted molar refractivity (Wildman–Crippen MR) is 131 cm³/mol. The maximum atomic E-state index is 12.6. The minimum Gasteiger partial charge on any atom is -0.296 e. The summed E-state index contributed by atoms with van der Waals surface area (Å²) in [6.07, 6.45) is 1.63. The molecule has 5 rings (SSSR count). The zero-order valence-corrected chi connectivity index (χ0v) is 19.6. The third-order valence-corrected chi connectivity index (χ3v) is 6.82. The average Bonchev–Trinajstić information content (AvgIpc) is 3.52. The largest absolute Gasteiger partial charge is 0.296 e. The van der Waals surface area contributed by atoms with Crippen LogP contribution in [0.1, 0.15) is 58.4 Å². The van der Waals surface area contributed by atoms with Crippen molar-refractivity contribution in [2.24, 2.45) is 0 Å². The second-order valence-corrected chi connectivity index (χ2v) is 9.40. The van der Waals surface area contributed by atoms with Crippen LogP contribution in [0.15, 0.2) is 52.6 Å². The van der Waals surface area contributed by atoms with Crippen molar-refractivity contribution in [2.45, 2.75) is 39.2 Å². The fourth-order valence-electron chi connectivity index (χ4n) is 4.00. The Hall–Kier alpha value is -3.85. The molecule has 9 heteroatoms. The SMILES string of the molecule is CC(C)c1ccc(-c2nc(C(=O)NNC(=O)c3ccc4c(=O)n5c(nc4c3)CCC5)cs2)cc1. The second kappa shape index (κ2) is 8.83. The van der Waals surface area contributed by atoms with Crippen LogP contribution in [0.2, 0.25) is 0 Å². The van der Waals surface area contributed by atoms with E-state index >= 15 is 0 Å². The highest BCUT2D eigenvalue weighted by molar-refractivity contribution is 7.13. The molecule has 1 aliphatic rings. The molecular formula is C25H23N5O3S. The first-order chi connectivity index (χ1) is 16.4. The van der Waals surface area contributed by atoms with E-state index < -0.39 is 11.8 Å². The molecule has 2 N–H and O–H groups in total. The Labute approximate surface area is 199 Å². The van der Waals surface area contributed by atoms with Crippen molar-refractivity contribution in [2.75, 3.05) is 0 Å². The molecule has 34 heavy (non-hydrogen) atoms. The number of thiazole rings is 1. The molecule has 0 spiro atoms. The number of aryl methyl sites for hydroxylation is 1. The number of benzene rings is 2. The van der Waals surface area contributed by atoms with Crippen LogP contribution < -0.4 is 16.4 Å². The van der Waals surface area contributed by atoms with Crippen molar-refractivity contribution in [3.8, 4) is 10.6 Å². The number of carbonyl (C=O) groups is 2. The van der Waals surface area contributed by atoms with Crippen LogP contribution in [-0.2, 0) is 13.0 Å². The molecule has 3 heterocycles. The Bertz CT molecular complexity index is 1470. The lowest BCUT2D eigenvalue weighted by atomic mass is 10.0. The molecule has 2 aromatic heterocycles. The summed E-state index contributed by atoms with van der Waals surface area (Å²) in [5, 5.41) is 2.86. The zero-order chi connectivity index (χ0) is 23.8. The number of amides is 2. The van der Waals surface area contributed by atoms with E-state index in [9.17, 15) is 14.4 Å². The fraction of sp³-hybridized carbons (Fsp3) is 0.240. The van der Waals surface area contributed by atoms with Gasteiger partial charge in [0.15, 0.2) is 0 Å². The first kappa shape index (κ1) is 22.0. The molecule has 0 saturated carbocycles. The van der Waals surface area contributed by atoms with Crippen LogP contribution in [0.4, 0.5) is 0 Å². The van der Waals surface area contributed by atoms with Gasteiger partial charge in [-0.15, -0.1) is 11.3 Å². The van der Waals surface area contributed by atoms with E-state index in [1.165, 1.54) is 16.9 Å². The zero-order valence-electron chi connectivity index (χ0n) is 18.8. The summed E-state index contributed by atoms with van der Waals surface area (Å²) in [6.45, 7) is 4.94. The van der Waals surface area contributed by atoms with Crippen LogP contribution in [-0.4, -0.2) is 26.3 Å². The third kappa shape index (κ3) is 4.10. The normalized spacial score (nSPS) is 12.7. The molecule has 172 valence electrons. The molecule has 0 saturated heterocycles. The van der Waals surface area contributed by atoms with Gasteiger partial charge in [0.05, 0.1) is 10.9 Å². The third-order valence-electron chi connectivity index (χ3n) is 5.93. The Morgan fingerprint density at radius 2 is 1.79 bits per heavy atom. The van der Waals surface area contributed by atoms with Gasteiger partial charge in [-0.05, 0) is 36.1 Å². The molecule has 0 fully saturated rings. The Morgan fingerprint density at radius 3 is 2.56 bits per heavy atom. The van der Waals surface area contributed by atoms with E-state index in [1.807, 2.05) is 12.1 Å². The molecule has 0 bridgehead atoms. The van der Waals surface area contributed by atoms with Gasteiger partial charge in [0, 0.05) is 29.5 Å². The average molecular weight is 474 g/mol. The summed E-state index contributed by atoms with van der Waals surface area (Å²) in [4.78, 5) is 46.6.